The van der Waals surface area contributed by atoms with E-state index in [1.807, 2.05) is 61.5 Å². The second-order valence-electron chi connectivity index (χ2n) is 5.75. The van der Waals surface area contributed by atoms with Crippen LogP contribution in [0.2, 0.25) is 5.02 Å². The number of carbonyl (C=O) groups excluding carboxylic acids is 1. The number of hydrogen-bond donors (Lipinski definition) is 1. The minimum atomic E-state index is -0.307. The molecule has 0 spiro atoms. The van der Waals surface area contributed by atoms with Gasteiger partial charge in [-0.05, 0) is 47.0 Å². The number of nitrogens with one attached hydrogen (secondary N) is 1. The summed E-state index contributed by atoms with van der Waals surface area (Å²) in [5.41, 5.74) is 4.25. The van der Waals surface area contributed by atoms with Crippen molar-refractivity contribution in [2.75, 3.05) is 6.61 Å². The Bertz CT molecular complexity index is 936. The Labute approximate surface area is 157 Å². The Morgan fingerprint density at radius 2 is 1.77 bits per heavy atom. The van der Waals surface area contributed by atoms with E-state index in [0.29, 0.717) is 17.2 Å². The zero-order valence-corrected chi connectivity index (χ0v) is 15.2. The third kappa shape index (κ3) is 4.61. The lowest BCUT2D eigenvalue weighted by Crippen LogP contribution is -2.26. The van der Waals surface area contributed by atoms with E-state index in [1.165, 1.54) is 0 Å². The van der Waals surface area contributed by atoms with Crippen LogP contribution in [0.25, 0.3) is 10.8 Å². The van der Waals surface area contributed by atoms with Crippen molar-refractivity contribution in [3.05, 3.63) is 77.3 Å². The van der Waals surface area contributed by atoms with E-state index in [-0.39, 0.29) is 12.5 Å². The lowest BCUT2D eigenvalue weighted by molar-refractivity contribution is -0.123. The van der Waals surface area contributed by atoms with Crippen LogP contribution in [0, 0.1) is 0 Å². The molecular formula is C21H19ClN2O2. The molecule has 0 aliphatic carbocycles. The van der Waals surface area contributed by atoms with Gasteiger partial charge in [0.15, 0.2) is 6.61 Å². The van der Waals surface area contributed by atoms with Gasteiger partial charge in [0.2, 0.25) is 0 Å². The average molecular weight is 367 g/mol. The molecule has 132 valence electrons. The lowest BCUT2D eigenvalue weighted by atomic mass is 10.1. The Morgan fingerprint density at radius 1 is 1.04 bits per heavy atom. The summed E-state index contributed by atoms with van der Waals surface area (Å²) < 4.78 is 5.56. The van der Waals surface area contributed by atoms with Gasteiger partial charge in [-0.3, -0.25) is 4.79 Å². The molecule has 0 saturated carbocycles. The summed E-state index contributed by atoms with van der Waals surface area (Å²) in [6, 6.07) is 21.1. The first kappa shape index (κ1) is 18.0. The second kappa shape index (κ2) is 8.50. The zero-order valence-electron chi connectivity index (χ0n) is 14.4. The summed E-state index contributed by atoms with van der Waals surface area (Å²) in [5, 5.41) is 7.06. The van der Waals surface area contributed by atoms with Crippen LogP contribution in [0.1, 0.15) is 18.9 Å². The summed E-state index contributed by atoms with van der Waals surface area (Å²) >= 11 is 5.90. The van der Waals surface area contributed by atoms with Crippen molar-refractivity contribution in [1.82, 2.24) is 5.43 Å². The Morgan fingerprint density at radius 3 is 2.50 bits per heavy atom. The van der Waals surface area contributed by atoms with E-state index in [0.717, 1.165) is 22.0 Å². The van der Waals surface area contributed by atoms with Crippen molar-refractivity contribution in [1.29, 1.82) is 0 Å². The number of carbonyl (C=O) groups is 1. The van der Waals surface area contributed by atoms with Crippen molar-refractivity contribution >= 4 is 34.0 Å². The standard InChI is InChI=1S/C21H19ClN2O2/c1-2-20(16-7-10-18(22)11-8-16)23-24-21(25)14-26-19-12-9-15-5-3-4-6-17(15)13-19/h3-13H,2,14H2,1H3,(H,24,25). The number of fused-ring (bicyclic) bond motifs is 1. The van der Waals surface area contributed by atoms with Gasteiger partial charge in [-0.25, -0.2) is 5.43 Å². The fourth-order valence-electron chi connectivity index (χ4n) is 2.56. The number of ether oxygens (including phenoxy) is 1. The van der Waals surface area contributed by atoms with Crippen molar-refractivity contribution in [2.45, 2.75) is 13.3 Å². The molecule has 0 aliphatic rings. The normalized spacial score (nSPS) is 11.4. The maximum Gasteiger partial charge on any atom is 0.277 e. The van der Waals surface area contributed by atoms with Gasteiger partial charge in [-0.15, -0.1) is 0 Å². The first-order valence-corrected chi connectivity index (χ1v) is 8.76. The Balaban J connectivity index is 1.59. The maximum absolute atomic E-state index is 12.0. The molecule has 26 heavy (non-hydrogen) atoms. The predicted molar refractivity (Wildman–Crippen MR) is 106 cm³/mol. The third-order valence-electron chi connectivity index (χ3n) is 3.92. The van der Waals surface area contributed by atoms with Crippen molar-refractivity contribution < 1.29 is 9.53 Å². The maximum atomic E-state index is 12.0. The van der Waals surface area contributed by atoms with Gasteiger partial charge in [0.05, 0.1) is 5.71 Å². The van der Waals surface area contributed by atoms with E-state index >= 15 is 0 Å². The fraction of sp³-hybridized carbons (Fsp3) is 0.143. The number of rotatable bonds is 6. The van der Waals surface area contributed by atoms with Crippen LogP contribution in [0.15, 0.2) is 71.8 Å². The van der Waals surface area contributed by atoms with E-state index < -0.39 is 0 Å². The van der Waals surface area contributed by atoms with Crippen LogP contribution in [0.5, 0.6) is 5.75 Å². The summed E-state index contributed by atoms with van der Waals surface area (Å²) in [6.45, 7) is 1.88. The largest absolute Gasteiger partial charge is 0.484 e. The lowest BCUT2D eigenvalue weighted by Gasteiger charge is -2.08. The summed E-state index contributed by atoms with van der Waals surface area (Å²) in [4.78, 5) is 12.0. The van der Waals surface area contributed by atoms with Crippen LogP contribution in [0.3, 0.4) is 0 Å². The Kier molecular flexibility index (Phi) is 5.87. The van der Waals surface area contributed by atoms with Gasteiger partial charge in [0.25, 0.3) is 5.91 Å². The molecule has 0 radical (unpaired) electrons. The van der Waals surface area contributed by atoms with Crippen LogP contribution >= 0.6 is 11.6 Å². The van der Waals surface area contributed by atoms with Crippen molar-refractivity contribution in [3.63, 3.8) is 0 Å². The molecule has 0 saturated heterocycles. The summed E-state index contributed by atoms with van der Waals surface area (Å²) in [7, 11) is 0. The highest BCUT2D eigenvalue weighted by molar-refractivity contribution is 6.30. The molecule has 0 heterocycles. The first-order chi connectivity index (χ1) is 12.7. The van der Waals surface area contributed by atoms with Gasteiger partial charge >= 0.3 is 0 Å². The number of benzene rings is 3. The van der Waals surface area contributed by atoms with E-state index in [9.17, 15) is 4.79 Å². The smallest absolute Gasteiger partial charge is 0.277 e. The van der Waals surface area contributed by atoms with Crippen molar-refractivity contribution in [2.24, 2.45) is 5.10 Å². The molecule has 0 bridgehead atoms. The molecule has 1 N–H and O–H groups in total. The summed E-state index contributed by atoms with van der Waals surface area (Å²) in [5.74, 6) is 0.342. The predicted octanol–water partition coefficient (Wildman–Crippen LogP) is 4.80. The summed E-state index contributed by atoms with van der Waals surface area (Å²) in [6.07, 6.45) is 0.688. The molecule has 3 aromatic rings. The SMILES string of the molecule is CCC(=NNC(=O)COc1ccc2ccccc2c1)c1ccc(Cl)cc1. The van der Waals surface area contributed by atoms with Gasteiger partial charge in [0.1, 0.15) is 5.75 Å². The van der Waals surface area contributed by atoms with Gasteiger partial charge in [-0.1, -0.05) is 61.0 Å². The van der Waals surface area contributed by atoms with E-state index in [2.05, 4.69) is 10.5 Å². The minimum Gasteiger partial charge on any atom is -0.484 e. The topological polar surface area (TPSA) is 50.7 Å². The highest BCUT2D eigenvalue weighted by Crippen LogP contribution is 2.20. The quantitative estimate of drug-likeness (QED) is 0.503. The van der Waals surface area contributed by atoms with E-state index in [4.69, 9.17) is 16.3 Å². The van der Waals surface area contributed by atoms with Crippen LogP contribution in [-0.4, -0.2) is 18.2 Å². The number of halogens is 1. The van der Waals surface area contributed by atoms with Gasteiger partial charge in [-0.2, -0.15) is 5.10 Å². The molecule has 0 atom stereocenters. The van der Waals surface area contributed by atoms with Gasteiger partial charge < -0.3 is 4.74 Å². The van der Waals surface area contributed by atoms with Crippen molar-refractivity contribution in [3.8, 4) is 5.75 Å². The number of nitrogens with zero attached hydrogens (tertiary/aromatic N) is 1. The number of hydrazone groups is 1. The highest BCUT2D eigenvalue weighted by atomic mass is 35.5. The average Bonchev–Trinajstić information content (AvgIpc) is 2.68. The number of amides is 1. The highest BCUT2D eigenvalue weighted by Gasteiger charge is 2.05. The molecule has 0 unspecified atom stereocenters. The molecule has 5 heteroatoms. The molecule has 3 aromatic carbocycles. The molecule has 4 nitrogen and oxygen atoms in total. The Hall–Kier alpha value is -2.85. The molecular weight excluding hydrogens is 348 g/mol. The molecule has 0 fully saturated rings. The number of hydrogen-bond acceptors (Lipinski definition) is 3. The second-order valence-corrected chi connectivity index (χ2v) is 6.19. The van der Waals surface area contributed by atoms with Crippen LogP contribution < -0.4 is 10.2 Å². The molecule has 1 amide bonds. The van der Waals surface area contributed by atoms with Crippen LogP contribution in [-0.2, 0) is 4.79 Å². The fourth-order valence-corrected chi connectivity index (χ4v) is 2.68. The van der Waals surface area contributed by atoms with Gasteiger partial charge in [0, 0.05) is 5.02 Å². The third-order valence-corrected chi connectivity index (χ3v) is 4.17. The molecule has 0 aromatic heterocycles. The molecule has 0 aliphatic heterocycles. The first-order valence-electron chi connectivity index (χ1n) is 8.38. The van der Waals surface area contributed by atoms with Crippen LogP contribution in [0.4, 0.5) is 0 Å². The zero-order chi connectivity index (χ0) is 18.4. The monoisotopic (exact) mass is 366 g/mol. The van der Waals surface area contributed by atoms with E-state index in [1.54, 1.807) is 12.1 Å². The molecule has 3 rings (SSSR count). The minimum absolute atomic E-state index is 0.0978.